The molecule has 0 nitrogen and oxygen atoms in total. The lowest BCUT2D eigenvalue weighted by molar-refractivity contribution is -0.0562. The minimum Gasteiger partial charge on any atom is -0.202 e. The van der Waals surface area contributed by atoms with Gasteiger partial charge in [-0.1, -0.05) is 18.7 Å². The van der Waals surface area contributed by atoms with Gasteiger partial charge in [0.2, 0.25) is 0 Å². The summed E-state index contributed by atoms with van der Waals surface area (Å²) in [5.74, 6) is -0.00264. The van der Waals surface area contributed by atoms with Gasteiger partial charge in [0.1, 0.15) is 0 Å². The van der Waals surface area contributed by atoms with Crippen molar-refractivity contribution in [2.75, 3.05) is 5.75 Å². The van der Waals surface area contributed by atoms with Crippen LogP contribution >= 0.6 is 11.8 Å². The van der Waals surface area contributed by atoms with Gasteiger partial charge in [-0.05, 0) is 5.75 Å². The van der Waals surface area contributed by atoms with Crippen molar-refractivity contribution in [3.63, 3.8) is 0 Å². The highest BCUT2D eigenvalue weighted by Crippen LogP contribution is 2.34. The molecule has 0 N–H and O–H groups in total. The van der Waals surface area contributed by atoms with Crippen LogP contribution in [0.15, 0.2) is 0 Å². The van der Waals surface area contributed by atoms with E-state index in [9.17, 15) is 17.6 Å². The first-order chi connectivity index (χ1) is 4.00. The number of thioether (sulfide) groups is 1. The third-order valence-electron chi connectivity index (χ3n) is 0.591. The number of rotatable bonds is 3. The Morgan fingerprint density at radius 3 is 2.00 bits per heavy atom. The normalized spacial score (nSPS) is 12.7. The van der Waals surface area contributed by atoms with Gasteiger partial charge in [-0.15, -0.1) is 0 Å². The maximum atomic E-state index is 11.8. The van der Waals surface area contributed by atoms with Crippen LogP contribution in [0.3, 0.4) is 0 Å². The summed E-state index contributed by atoms with van der Waals surface area (Å²) in [5, 5.41) is -3.87. The summed E-state index contributed by atoms with van der Waals surface area (Å²) in [6.45, 7) is 1.40. The van der Waals surface area contributed by atoms with Crippen molar-refractivity contribution in [3.8, 4) is 0 Å². The molecular weight excluding hydrogens is 156 g/mol. The summed E-state index contributed by atoms with van der Waals surface area (Å²) in [7, 11) is 0. The van der Waals surface area contributed by atoms with Crippen molar-refractivity contribution in [1.29, 1.82) is 0 Å². The molecule has 5 heteroatoms. The Hall–Kier alpha value is 0.0700. The molecule has 0 saturated carbocycles. The first kappa shape index (κ1) is 9.07. The lowest BCUT2D eigenvalue weighted by Gasteiger charge is -2.11. The van der Waals surface area contributed by atoms with E-state index in [1.54, 1.807) is 0 Å². The molecular formula is C4H6F4S. The van der Waals surface area contributed by atoms with Gasteiger partial charge < -0.3 is 0 Å². The van der Waals surface area contributed by atoms with Gasteiger partial charge >= 0.3 is 11.7 Å². The van der Waals surface area contributed by atoms with Gasteiger partial charge in [-0.3, -0.25) is 0 Å². The van der Waals surface area contributed by atoms with Crippen molar-refractivity contribution < 1.29 is 17.6 Å². The van der Waals surface area contributed by atoms with Gasteiger partial charge in [0, 0.05) is 0 Å². The smallest absolute Gasteiger partial charge is 0.202 e. The largest absolute Gasteiger partial charge is 0.353 e. The summed E-state index contributed by atoms with van der Waals surface area (Å²) < 4.78 is 46.0. The number of hydrogen-bond donors (Lipinski definition) is 0. The first-order valence-electron chi connectivity index (χ1n) is 2.30. The van der Waals surface area contributed by atoms with Crippen LogP contribution in [0.5, 0.6) is 0 Å². The van der Waals surface area contributed by atoms with E-state index in [1.807, 2.05) is 0 Å². The van der Waals surface area contributed by atoms with E-state index in [-0.39, 0.29) is 17.5 Å². The zero-order valence-corrected chi connectivity index (χ0v) is 5.52. The minimum absolute atomic E-state index is 0.00264. The molecule has 0 fully saturated rings. The second kappa shape index (κ2) is 3.29. The topological polar surface area (TPSA) is 0 Å². The molecule has 9 heavy (non-hydrogen) atoms. The molecule has 0 aromatic heterocycles. The van der Waals surface area contributed by atoms with E-state index >= 15 is 0 Å². The van der Waals surface area contributed by atoms with Crippen LogP contribution in [0.2, 0.25) is 0 Å². The predicted molar refractivity (Wildman–Crippen MR) is 29.1 cm³/mol. The van der Waals surface area contributed by atoms with Crippen molar-refractivity contribution in [3.05, 3.63) is 0 Å². The molecule has 0 aromatic rings. The summed E-state index contributed by atoms with van der Waals surface area (Å²) in [6, 6.07) is 0. The second-order valence-electron chi connectivity index (χ2n) is 1.30. The third-order valence-corrected chi connectivity index (χ3v) is 1.44. The molecule has 0 bridgehead atoms. The Balaban J connectivity index is 3.70. The monoisotopic (exact) mass is 162 g/mol. The quantitative estimate of drug-likeness (QED) is 0.575. The van der Waals surface area contributed by atoms with Crippen molar-refractivity contribution in [2.45, 2.75) is 18.6 Å². The van der Waals surface area contributed by atoms with E-state index in [2.05, 4.69) is 0 Å². The fraction of sp³-hybridized carbons (Fsp3) is 1.00. The molecule has 0 unspecified atom stereocenters. The van der Waals surface area contributed by atoms with E-state index in [4.69, 9.17) is 0 Å². The van der Waals surface area contributed by atoms with Gasteiger partial charge in [-0.2, -0.15) is 8.78 Å². The molecule has 0 aliphatic heterocycles. The highest BCUT2D eigenvalue weighted by atomic mass is 32.2. The summed E-state index contributed by atoms with van der Waals surface area (Å²) in [6.07, 6.45) is -3.55. The SMILES string of the molecule is CCSC(F)(F)C(F)F. The van der Waals surface area contributed by atoms with Crippen molar-refractivity contribution >= 4 is 11.8 Å². The average Bonchev–Trinajstić information content (AvgIpc) is 1.65. The number of halogens is 4. The van der Waals surface area contributed by atoms with Crippen molar-refractivity contribution in [1.82, 2.24) is 0 Å². The Morgan fingerprint density at radius 1 is 1.44 bits per heavy atom. The molecule has 0 radical (unpaired) electrons. The first-order valence-corrected chi connectivity index (χ1v) is 3.29. The molecule has 0 aromatic carbocycles. The molecule has 0 heterocycles. The summed E-state index contributed by atoms with van der Waals surface area (Å²) in [4.78, 5) is 0. The zero-order chi connectivity index (χ0) is 7.49. The van der Waals surface area contributed by atoms with Crippen LogP contribution in [-0.2, 0) is 0 Å². The lowest BCUT2D eigenvalue weighted by Crippen LogP contribution is -2.21. The van der Waals surface area contributed by atoms with Gasteiger partial charge in [0.25, 0.3) is 0 Å². The summed E-state index contributed by atoms with van der Waals surface area (Å²) >= 11 is -0.0417. The van der Waals surface area contributed by atoms with Crippen LogP contribution in [0, 0.1) is 0 Å². The second-order valence-corrected chi connectivity index (χ2v) is 2.71. The van der Waals surface area contributed by atoms with E-state index < -0.39 is 11.7 Å². The van der Waals surface area contributed by atoms with E-state index in [0.29, 0.717) is 0 Å². The Morgan fingerprint density at radius 2 is 1.89 bits per heavy atom. The van der Waals surface area contributed by atoms with Gasteiger partial charge in [0.15, 0.2) is 0 Å². The molecule has 0 amide bonds. The average molecular weight is 162 g/mol. The Kier molecular flexibility index (Phi) is 3.32. The van der Waals surface area contributed by atoms with Gasteiger partial charge in [-0.25, -0.2) is 8.78 Å². The lowest BCUT2D eigenvalue weighted by atomic mass is 10.7. The van der Waals surface area contributed by atoms with E-state index in [1.165, 1.54) is 6.92 Å². The van der Waals surface area contributed by atoms with E-state index in [0.717, 1.165) is 0 Å². The standard InChI is InChI=1S/C4H6F4S/c1-2-9-4(7,8)3(5)6/h3H,2H2,1H3. The van der Waals surface area contributed by atoms with Gasteiger partial charge in [0.05, 0.1) is 0 Å². The molecule has 0 aliphatic carbocycles. The maximum absolute atomic E-state index is 11.8. The fourth-order valence-electron chi connectivity index (χ4n) is 0.255. The highest BCUT2D eigenvalue weighted by molar-refractivity contribution is 8.00. The predicted octanol–water partition coefficient (Wildman–Crippen LogP) is 2.60. The molecule has 0 atom stereocenters. The number of alkyl halides is 4. The van der Waals surface area contributed by atoms with Crippen LogP contribution < -0.4 is 0 Å². The van der Waals surface area contributed by atoms with Crippen molar-refractivity contribution in [2.24, 2.45) is 0 Å². The molecule has 0 saturated heterocycles. The van der Waals surface area contributed by atoms with Crippen LogP contribution in [0.1, 0.15) is 6.92 Å². The third kappa shape index (κ3) is 2.93. The molecule has 0 spiro atoms. The van der Waals surface area contributed by atoms with Crippen LogP contribution in [0.25, 0.3) is 0 Å². The maximum Gasteiger partial charge on any atom is 0.353 e. The molecule has 0 aliphatic rings. The Bertz CT molecular complexity index is 82.6. The zero-order valence-electron chi connectivity index (χ0n) is 4.70. The highest BCUT2D eigenvalue weighted by Gasteiger charge is 2.40. The summed E-state index contributed by atoms with van der Waals surface area (Å²) in [5.41, 5.74) is 0. The minimum atomic E-state index is -3.87. The Labute approximate surface area is 54.6 Å². The van der Waals surface area contributed by atoms with Crippen LogP contribution in [0.4, 0.5) is 17.6 Å². The fourth-order valence-corrected chi connectivity index (χ4v) is 0.766. The number of hydrogen-bond acceptors (Lipinski definition) is 1. The molecule has 56 valence electrons. The molecule has 0 rings (SSSR count). The van der Waals surface area contributed by atoms with Crippen LogP contribution in [-0.4, -0.2) is 17.4 Å².